The van der Waals surface area contributed by atoms with E-state index in [0.717, 1.165) is 29.9 Å². The lowest BCUT2D eigenvalue weighted by Crippen LogP contribution is -2.14. The van der Waals surface area contributed by atoms with Gasteiger partial charge in [-0.25, -0.2) is 0 Å². The summed E-state index contributed by atoms with van der Waals surface area (Å²) in [6, 6.07) is 13.1. The Hall–Kier alpha value is -1.54. The maximum absolute atomic E-state index is 5.95. The molecule has 1 atom stereocenters. The van der Waals surface area contributed by atoms with Crippen molar-refractivity contribution in [3.63, 3.8) is 0 Å². The molecule has 0 spiro atoms. The molecule has 0 bridgehead atoms. The number of nitrogens with one attached hydrogen (secondary N) is 1. The Bertz CT molecular complexity index is 494. The largest absolute Gasteiger partial charge is 0.459 e. The fraction of sp³-hybridized carbons (Fsp3) is 0.412. The van der Waals surface area contributed by atoms with Crippen molar-refractivity contribution in [1.29, 1.82) is 0 Å². The predicted molar refractivity (Wildman–Crippen MR) is 80.2 cm³/mol. The van der Waals surface area contributed by atoms with Crippen molar-refractivity contribution in [2.45, 2.75) is 39.2 Å². The lowest BCUT2D eigenvalue weighted by atomic mass is 10.1. The molecule has 1 aromatic carbocycles. The first-order chi connectivity index (χ1) is 9.28. The number of benzene rings is 1. The summed E-state index contributed by atoms with van der Waals surface area (Å²) in [6.07, 6.45) is 3.35. The third-order valence-corrected chi connectivity index (χ3v) is 3.50. The maximum atomic E-state index is 5.95. The third-order valence-electron chi connectivity index (χ3n) is 3.50. The highest BCUT2D eigenvalue weighted by atomic mass is 16.3. The van der Waals surface area contributed by atoms with E-state index < -0.39 is 0 Å². The first-order valence-corrected chi connectivity index (χ1v) is 7.14. The van der Waals surface area contributed by atoms with Gasteiger partial charge in [0, 0.05) is 5.56 Å². The number of hydrogen-bond donors (Lipinski definition) is 1. The monoisotopic (exact) mass is 257 g/mol. The Labute approximate surface area is 115 Å². The van der Waals surface area contributed by atoms with Crippen LogP contribution >= 0.6 is 0 Å². The molecule has 1 unspecified atom stereocenters. The molecule has 2 aromatic rings. The molecule has 0 fully saturated rings. The van der Waals surface area contributed by atoms with Gasteiger partial charge in [0.05, 0.1) is 6.04 Å². The van der Waals surface area contributed by atoms with Crippen LogP contribution < -0.4 is 5.32 Å². The summed E-state index contributed by atoms with van der Waals surface area (Å²) >= 11 is 0. The van der Waals surface area contributed by atoms with E-state index in [1.54, 1.807) is 0 Å². The highest BCUT2D eigenvalue weighted by Gasteiger charge is 2.12. The minimum absolute atomic E-state index is 0.299. The van der Waals surface area contributed by atoms with Crippen LogP contribution in [0, 0.1) is 0 Å². The lowest BCUT2D eigenvalue weighted by Gasteiger charge is -2.10. The Morgan fingerprint density at radius 1 is 1.05 bits per heavy atom. The number of rotatable bonds is 6. The SMILES string of the molecule is CCCc1ccc(-c2ccc(C(CC)NC)o2)cc1. The highest BCUT2D eigenvalue weighted by Crippen LogP contribution is 2.26. The van der Waals surface area contributed by atoms with Crippen molar-refractivity contribution < 1.29 is 4.42 Å². The zero-order chi connectivity index (χ0) is 13.7. The molecule has 102 valence electrons. The number of hydrogen-bond acceptors (Lipinski definition) is 2. The molecule has 2 nitrogen and oxygen atoms in total. The van der Waals surface area contributed by atoms with Crippen molar-refractivity contribution in [1.82, 2.24) is 5.32 Å². The first kappa shape index (κ1) is 13.9. The summed E-state index contributed by atoms with van der Waals surface area (Å²) in [5.41, 5.74) is 2.54. The van der Waals surface area contributed by atoms with E-state index in [4.69, 9.17) is 4.42 Å². The number of aryl methyl sites for hydroxylation is 1. The minimum Gasteiger partial charge on any atom is -0.459 e. The molecule has 0 saturated heterocycles. The van der Waals surface area contributed by atoms with Gasteiger partial charge >= 0.3 is 0 Å². The fourth-order valence-electron chi connectivity index (χ4n) is 2.37. The summed E-state index contributed by atoms with van der Waals surface area (Å²) in [5, 5.41) is 3.26. The zero-order valence-electron chi connectivity index (χ0n) is 12.1. The van der Waals surface area contributed by atoms with Crippen LogP contribution in [0.2, 0.25) is 0 Å². The zero-order valence-corrected chi connectivity index (χ0v) is 12.1. The summed E-state index contributed by atoms with van der Waals surface area (Å²) < 4.78 is 5.95. The summed E-state index contributed by atoms with van der Waals surface area (Å²) in [4.78, 5) is 0. The number of furan rings is 1. The van der Waals surface area contributed by atoms with E-state index in [2.05, 4.69) is 55.6 Å². The molecule has 0 aliphatic rings. The highest BCUT2D eigenvalue weighted by molar-refractivity contribution is 5.58. The molecule has 0 radical (unpaired) electrons. The molecule has 0 saturated carbocycles. The van der Waals surface area contributed by atoms with E-state index in [9.17, 15) is 0 Å². The van der Waals surface area contributed by atoms with Gasteiger partial charge in [-0.3, -0.25) is 0 Å². The molecule has 1 heterocycles. The van der Waals surface area contributed by atoms with Crippen LogP contribution in [0.4, 0.5) is 0 Å². The van der Waals surface area contributed by atoms with Crippen LogP contribution in [0.1, 0.15) is 44.1 Å². The molecule has 0 aliphatic carbocycles. The van der Waals surface area contributed by atoms with E-state index in [-0.39, 0.29) is 0 Å². The Balaban J connectivity index is 2.17. The van der Waals surface area contributed by atoms with Crippen LogP contribution in [-0.2, 0) is 6.42 Å². The van der Waals surface area contributed by atoms with E-state index in [0.29, 0.717) is 6.04 Å². The van der Waals surface area contributed by atoms with Gasteiger partial charge in [0.25, 0.3) is 0 Å². The fourth-order valence-corrected chi connectivity index (χ4v) is 2.37. The van der Waals surface area contributed by atoms with Crippen molar-refractivity contribution in [3.8, 4) is 11.3 Å². The van der Waals surface area contributed by atoms with E-state index in [1.807, 2.05) is 7.05 Å². The standard InChI is InChI=1S/C17H23NO/c1-4-6-13-7-9-14(10-8-13)16-11-12-17(19-16)15(5-2)18-3/h7-12,15,18H,4-6H2,1-3H3. The molecular formula is C17H23NO. The molecule has 19 heavy (non-hydrogen) atoms. The van der Waals surface area contributed by atoms with Gasteiger partial charge in [-0.1, -0.05) is 44.5 Å². The minimum atomic E-state index is 0.299. The average molecular weight is 257 g/mol. The first-order valence-electron chi connectivity index (χ1n) is 7.14. The van der Waals surface area contributed by atoms with Gasteiger partial charge in [-0.05, 0) is 37.6 Å². The van der Waals surface area contributed by atoms with Crippen LogP contribution in [-0.4, -0.2) is 7.05 Å². The lowest BCUT2D eigenvalue weighted by molar-refractivity contribution is 0.431. The van der Waals surface area contributed by atoms with Crippen molar-refractivity contribution in [2.75, 3.05) is 7.05 Å². The molecule has 0 amide bonds. The summed E-state index contributed by atoms with van der Waals surface area (Å²) in [6.45, 7) is 4.36. The Kier molecular flexibility index (Phi) is 4.80. The van der Waals surface area contributed by atoms with Gasteiger partial charge in [-0.2, -0.15) is 0 Å². The van der Waals surface area contributed by atoms with Gasteiger partial charge in [0.15, 0.2) is 0 Å². The topological polar surface area (TPSA) is 25.2 Å². The molecule has 2 rings (SSSR count). The quantitative estimate of drug-likeness (QED) is 0.820. The van der Waals surface area contributed by atoms with Crippen molar-refractivity contribution in [3.05, 3.63) is 47.7 Å². The molecule has 2 heteroatoms. The van der Waals surface area contributed by atoms with Crippen LogP contribution in [0.5, 0.6) is 0 Å². The summed E-state index contributed by atoms with van der Waals surface area (Å²) in [5.74, 6) is 1.96. The average Bonchev–Trinajstić information content (AvgIpc) is 2.91. The van der Waals surface area contributed by atoms with Gasteiger partial charge in [0.1, 0.15) is 11.5 Å². The van der Waals surface area contributed by atoms with Crippen LogP contribution in [0.25, 0.3) is 11.3 Å². The van der Waals surface area contributed by atoms with Crippen molar-refractivity contribution >= 4 is 0 Å². The van der Waals surface area contributed by atoms with E-state index >= 15 is 0 Å². The van der Waals surface area contributed by atoms with Crippen LogP contribution in [0.3, 0.4) is 0 Å². The van der Waals surface area contributed by atoms with Gasteiger partial charge in [-0.15, -0.1) is 0 Å². The molecule has 1 N–H and O–H groups in total. The second kappa shape index (κ2) is 6.58. The second-order valence-corrected chi connectivity index (χ2v) is 4.90. The molecule has 0 aliphatic heterocycles. The molecular weight excluding hydrogens is 234 g/mol. The van der Waals surface area contributed by atoms with E-state index in [1.165, 1.54) is 12.0 Å². The third kappa shape index (κ3) is 3.27. The van der Waals surface area contributed by atoms with Gasteiger partial charge < -0.3 is 9.73 Å². The second-order valence-electron chi connectivity index (χ2n) is 4.90. The Morgan fingerprint density at radius 3 is 2.37 bits per heavy atom. The maximum Gasteiger partial charge on any atom is 0.134 e. The van der Waals surface area contributed by atoms with Gasteiger partial charge in [0.2, 0.25) is 0 Å². The Morgan fingerprint density at radius 2 is 1.79 bits per heavy atom. The normalized spacial score (nSPS) is 12.6. The van der Waals surface area contributed by atoms with Crippen LogP contribution in [0.15, 0.2) is 40.8 Å². The predicted octanol–water partition coefficient (Wildman–Crippen LogP) is 4.57. The van der Waals surface area contributed by atoms with Crippen molar-refractivity contribution in [2.24, 2.45) is 0 Å². The smallest absolute Gasteiger partial charge is 0.134 e. The summed E-state index contributed by atoms with van der Waals surface area (Å²) in [7, 11) is 1.97. The molecule has 1 aromatic heterocycles.